The molecule has 1 fully saturated rings. The average Bonchev–Trinajstić information content (AvgIpc) is 3.09. The van der Waals surface area contributed by atoms with Crippen LogP contribution in [0.2, 0.25) is 0 Å². The van der Waals surface area contributed by atoms with Crippen molar-refractivity contribution in [3.63, 3.8) is 0 Å². The van der Waals surface area contributed by atoms with Crippen molar-refractivity contribution >= 4 is 6.03 Å². The molecule has 1 aliphatic carbocycles. The molecule has 5 heteroatoms. The van der Waals surface area contributed by atoms with Crippen LogP contribution in [0.3, 0.4) is 0 Å². The molecule has 1 aliphatic rings. The quantitative estimate of drug-likeness (QED) is 0.911. The predicted molar refractivity (Wildman–Crippen MR) is 85.8 cm³/mol. The van der Waals surface area contributed by atoms with Crippen LogP contribution in [0.4, 0.5) is 4.79 Å². The van der Waals surface area contributed by atoms with Crippen LogP contribution in [0, 0.1) is 0 Å². The van der Waals surface area contributed by atoms with E-state index in [-0.39, 0.29) is 6.03 Å². The summed E-state index contributed by atoms with van der Waals surface area (Å²) >= 11 is 0. The Morgan fingerprint density at radius 1 is 1.18 bits per heavy atom. The smallest absolute Gasteiger partial charge is 0.315 e. The molecule has 2 amide bonds. The van der Waals surface area contributed by atoms with Crippen LogP contribution in [0.25, 0.3) is 5.69 Å². The zero-order valence-corrected chi connectivity index (χ0v) is 12.7. The van der Waals surface area contributed by atoms with E-state index in [0.29, 0.717) is 12.6 Å². The van der Waals surface area contributed by atoms with E-state index in [1.54, 1.807) is 6.20 Å². The lowest BCUT2D eigenvalue weighted by Crippen LogP contribution is -2.42. The zero-order valence-electron chi connectivity index (χ0n) is 12.7. The van der Waals surface area contributed by atoms with Gasteiger partial charge < -0.3 is 10.6 Å². The Morgan fingerprint density at radius 3 is 2.64 bits per heavy atom. The molecular weight excluding hydrogens is 276 g/mol. The molecule has 0 atom stereocenters. The summed E-state index contributed by atoms with van der Waals surface area (Å²) in [4.78, 5) is 11.9. The van der Waals surface area contributed by atoms with Crippen LogP contribution < -0.4 is 10.6 Å². The number of nitrogens with zero attached hydrogens (tertiary/aromatic N) is 2. The van der Waals surface area contributed by atoms with Gasteiger partial charge in [0.15, 0.2) is 0 Å². The van der Waals surface area contributed by atoms with Gasteiger partial charge in [-0.3, -0.25) is 0 Å². The lowest BCUT2D eigenvalue weighted by molar-refractivity contribution is 0.232. The molecule has 1 saturated carbocycles. The van der Waals surface area contributed by atoms with E-state index >= 15 is 0 Å². The Kier molecular flexibility index (Phi) is 4.73. The Balaban J connectivity index is 1.47. The number of hydrogen-bond acceptors (Lipinski definition) is 2. The SMILES string of the molecule is O=C(NCc1ccc(-n2cccn2)cc1)NC1CCCCC1. The monoisotopic (exact) mass is 298 g/mol. The van der Waals surface area contributed by atoms with Gasteiger partial charge in [-0.2, -0.15) is 5.10 Å². The van der Waals surface area contributed by atoms with Gasteiger partial charge in [0, 0.05) is 25.0 Å². The molecule has 0 unspecified atom stereocenters. The van der Waals surface area contributed by atoms with Crippen molar-refractivity contribution in [3.05, 3.63) is 48.3 Å². The number of rotatable bonds is 4. The fourth-order valence-electron chi connectivity index (χ4n) is 2.85. The molecule has 5 nitrogen and oxygen atoms in total. The minimum Gasteiger partial charge on any atom is -0.335 e. The fourth-order valence-corrected chi connectivity index (χ4v) is 2.85. The van der Waals surface area contributed by atoms with E-state index in [9.17, 15) is 4.79 Å². The van der Waals surface area contributed by atoms with Gasteiger partial charge in [0.25, 0.3) is 0 Å². The van der Waals surface area contributed by atoms with Gasteiger partial charge in [-0.15, -0.1) is 0 Å². The van der Waals surface area contributed by atoms with Crippen LogP contribution in [0.15, 0.2) is 42.7 Å². The topological polar surface area (TPSA) is 59.0 Å². The van der Waals surface area contributed by atoms with Crippen molar-refractivity contribution < 1.29 is 4.79 Å². The van der Waals surface area contributed by atoms with Gasteiger partial charge >= 0.3 is 6.03 Å². The molecule has 1 heterocycles. The molecule has 1 aromatic heterocycles. The lowest BCUT2D eigenvalue weighted by atomic mass is 9.96. The summed E-state index contributed by atoms with van der Waals surface area (Å²) in [6, 6.07) is 10.2. The number of benzene rings is 1. The van der Waals surface area contributed by atoms with E-state index in [4.69, 9.17) is 0 Å². The van der Waals surface area contributed by atoms with Crippen LogP contribution in [-0.4, -0.2) is 21.9 Å². The van der Waals surface area contributed by atoms with Gasteiger partial charge in [0.2, 0.25) is 0 Å². The molecule has 2 N–H and O–H groups in total. The number of carbonyl (C=O) groups excluding carboxylic acids is 1. The van der Waals surface area contributed by atoms with E-state index in [1.807, 2.05) is 41.2 Å². The predicted octanol–water partition coefficient (Wildman–Crippen LogP) is 3.00. The molecule has 0 radical (unpaired) electrons. The fraction of sp³-hybridized carbons (Fsp3) is 0.412. The largest absolute Gasteiger partial charge is 0.335 e. The summed E-state index contributed by atoms with van der Waals surface area (Å²) in [5.74, 6) is 0. The third kappa shape index (κ3) is 3.87. The molecule has 0 bridgehead atoms. The van der Waals surface area contributed by atoms with E-state index in [2.05, 4.69) is 15.7 Å². The highest BCUT2D eigenvalue weighted by atomic mass is 16.2. The van der Waals surface area contributed by atoms with Crippen molar-refractivity contribution in [2.45, 2.75) is 44.7 Å². The van der Waals surface area contributed by atoms with E-state index in [1.165, 1.54) is 19.3 Å². The van der Waals surface area contributed by atoms with Crippen LogP contribution in [-0.2, 0) is 6.54 Å². The first-order valence-corrected chi connectivity index (χ1v) is 7.94. The standard InChI is InChI=1S/C17H22N4O/c22-17(20-15-5-2-1-3-6-15)18-13-14-7-9-16(10-8-14)21-12-4-11-19-21/h4,7-12,15H,1-3,5-6,13H2,(H2,18,20,22). The highest BCUT2D eigenvalue weighted by Crippen LogP contribution is 2.17. The number of hydrogen-bond donors (Lipinski definition) is 2. The molecule has 1 aromatic carbocycles. The van der Waals surface area contributed by atoms with E-state index in [0.717, 1.165) is 24.1 Å². The summed E-state index contributed by atoms with van der Waals surface area (Å²) in [6.07, 6.45) is 9.61. The van der Waals surface area contributed by atoms with Crippen LogP contribution in [0.5, 0.6) is 0 Å². The van der Waals surface area contributed by atoms with Crippen molar-refractivity contribution in [1.29, 1.82) is 0 Å². The Labute approximate surface area is 130 Å². The molecule has 0 spiro atoms. The molecule has 2 aromatic rings. The molecule has 0 aliphatic heterocycles. The van der Waals surface area contributed by atoms with Gasteiger partial charge in [-0.1, -0.05) is 31.4 Å². The molecular formula is C17H22N4O. The first-order chi connectivity index (χ1) is 10.8. The Bertz CT molecular complexity index is 586. The van der Waals surface area contributed by atoms with Gasteiger partial charge in [-0.25, -0.2) is 9.48 Å². The molecule has 22 heavy (non-hydrogen) atoms. The minimum absolute atomic E-state index is 0.0666. The minimum atomic E-state index is -0.0666. The summed E-state index contributed by atoms with van der Waals surface area (Å²) in [5.41, 5.74) is 2.09. The van der Waals surface area contributed by atoms with Crippen LogP contribution >= 0.6 is 0 Å². The average molecular weight is 298 g/mol. The van der Waals surface area contributed by atoms with Crippen molar-refractivity contribution in [2.75, 3.05) is 0 Å². The maximum absolute atomic E-state index is 11.9. The number of aromatic nitrogens is 2. The Hall–Kier alpha value is -2.30. The molecule has 3 rings (SSSR count). The summed E-state index contributed by atoms with van der Waals surface area (Å²) in [6.45, 7) is 0.540. The molecule has 116 valence electrons. The maximum atomic E-state index is 11.9. The maximum Gasteiger partial charge on any atom is 0.315 e. The van der Waals surface area contributed by atoms with Crippen LogP contribution in [0.1, 0.15) is 37.7 Å². The third-order valence-electron chi connectivity index (χ3n) is 4.10. The van der Waals surface area contributed by atoms with Gasteiger partial charge in [-0.05, 0) is 36.6 Å². The third-order valence-corrected chi connectivity index (χ3v) is 4.10. The highest BCUT2D eigenvalue weighted by molar-refractivity contribution is 5.74. The van der Waals surface area contributed by atoms with Crippen molar-refractivity contribution in [3.8, 4) is 5.69 Å². The summed E-state index contributed by atoms with van der Waals surface area (Å²) in [7, 11) is 0. The number of urea groups is 1. The lowest BCUT2D eigenvalue weighted by Gasteiger charge is -2.22. The second-order valence-corrected chi connectivity index (χ2v) is 5.78. The number of amides is 2. The van der Waals surface area contributed by atoms with Crippen molar-refractivity contribution in [2.24, 2.45) is 0 Å². The second kappa shape index (κ2) is 7.11. The Morgan fingerprint density at radius 2 is 1.95 bits per heavy atom. The number of nitrogens with one attached hydrogen (secondary N) is 2. The second-order valence-electron chi connectivity index (χ2n) is 5.78. The normalized spacial score (nSPS) is 15.5. The number of carbonyl (C=O) groups is 1. The summed E-state index contributed by atoms with van der Waals surface area (Å²) < 4.78 is 1.81. The first-order valence-electron chi connectivity index (χ1n) is 7.94. The van der Waals surface area contributed by atoms with Gasteiger partial charge in [0.1, 0.15) is 0 Å². The highest BCUT2D eigenvalue weighted by Gasteiger charge is 2.15. The first kappa shape index (κ1) is 14.6. The molecule has 0 saturated heterocycles. The van der Waals surface area contributed by atoms with Crippen molar-refractivity contribution in [1.82, 2.24) is 20.4 Å². The zero-order chi connectivity index (χ0) is 15.2. The van der Waals surface area contributed by atoms with Gasteiger partial charge in [0.05, 0.1) is 5.69 Å². The summed E-state index contributed by atoms with van der Waals surface area (Å²) in [5, 5.41) is 10.2. The van der Waals surface area contributed by atoms with E-state index < -0.39 is 0 Å².